The second-order valence-electron chi connectivity index (χ2n) is 2.31. The fourth-order valence-corrected chi connectivity index (χ4v) is 0.500. The molecule has 0 amide bonds. The normalized spacial score (nSPS) is 14.6. The van der Waals surface area contributed by atoms with Crippen molar-refractivity contribution in [3.05, 3.63) is 35.7 Å². The van der Waals surface area contributed by atoms with E-state index in [-0.39, 0.29) is 5.83 Å². The molecule has 0 unspecified atom stereocenters. The number of hydrogen-bond acceptors (Lipinski definition) is 0. The van der Waals surface area contributed by atoms with E-state index in [0.717, 1.165) is 5.57 Å². The third kappa shape index (κ3) is 3.23. The van der Waals surface area contributed by atoms with Crippen LogP contribution in [-0.4, -0.2) is 0 Å². The van der Waals surface area contributed by atoms with E-state index in [0.29, 0.717) is 5.57 Å². The average molecular weight is 140 g/mol. The summed E-state index contributed by atoms with van der Waals surface area (Å²) in [5.74, 6) is -0.138. The maximum absolute atomic E-state index is 12.4. The number of allylic oxidation sites excluding steroid dienone is 5. The molecule has 0 saturated carbocycles. The molecule has 0 aliphatic rings. The Hall–Kier alpha value is -0.850. The predicted molar refractivity (Wildman–Crippen MR) is 43.4 cm³/mol. The van der Waals surface area contributed by atoms with Crippen LogP contribution in [0.1, 0.15) is 20.8 Å². The lowest BCUT2D eigenvalue weighted by Gasteiger charge is -1.93. The van der Waals surface area contributed by atoms with Gasteiger partial charge in [-0.25, -0.2) is 4.39 Å². The molecule has 0 fully saturated rings. The molecule has 10 heavy (non-hydrogen) atoms. The summed E-state index contributed by atoms with van der Waals surface area (Å²) >= 11 is 0. The molecule has 0 aromatic carbocycles. The first-order chi connectivity index (χ1) is 4.57. The van der Waals surface area contributed by atoms with Crippen molar-refractivity contribution in [3.63, 3.8) is 0 Å². The average Bonchev–Trinajstić information content (AvgIpc) is 1.87. The summed E-state index contributed by atoms with van der Waals surface area (Å²) in [4.78, 5) is 0. The van der Waals surface area contributed by atoms with Crippen molar-refractivity contribution in [2.45, 2.75) is 20.8 Å². The first-order valence-corrected chi connectivity index (χ1v) is 3.21. The number of hydrogen-bond donors (Lipinski definition) is 0. The summed E-state index contributed by atoms with van der Waals surface area (Å²) in [6, 6.07) is 0. The van der Waals surface area contributed by atoms with E-state index in [1.54, 1.807) is 19.1 Å². The Balaban J connectivity index is 4.42. The smallest absolute Gasteiger partial charge is 0.0997 e. The third-order valence-electron chi connectivity index (χ3n) is 1.31. The van der Waals surface area contributed by atoms with Crippen molar-refractivity contribution in [1.82, 2.24) is 0 Å². The Kier molecular flexibility index (Phi) is 3.70. The molecule has 0 aromatic heterocycles. The van der Waals surface area contributed by atoms with Crippen LogP contribution in [0.3, 0.4) is 0 Å². The Morgan fingerprint density at radius 1 is 1.30 bits per heavy atom. The van der Waals surface area contributed by atoms with Crippen LogP contribution >= 0.6 is 0 Å². The molecule has 0 rings (SSSR count). The Morgan fingerprint density at radius 2 is 1.80 bits per heavy atom. The van der Waals surface area contributed by atoms with Crippen LogP contribution in [-0.2, 0) is 0 Å². The summed E-state index contributed by atoms with van der Waals surface area (Å²) in [5, 5.41) is 0. The lowest BCUT2D eigenvalue weighted by atomic mass is 10.2. The van der Waals surface area contributed by atoms with Gasteiger partial charge in [0.05, 0.1) is 5.83 Å². The van der Waals surface area contributed by atoms with E-state index in [1.807, 2.05) is 6.92 Å². The summed E-state index contributed by atoms with van der Waals surface area (Å²) < 4.78 is 12.4. The molecule has 56 valence electrons. The van der Waals surface area contributed by atoms with Gasteiger partial charge in [-0.15, -0.1) is 0 Å². The van der Waals surface area contributed by atoms with E-state index in [9.17, 15) is 4.39 Å². The molecule has 0 N–H and O–H groups in total. The van der Waals surface area contributed by atoms with Crippen molar-refractivity contribution in [1.29, 1.82) is 0 Å². The van der Waals surface area contributed by atoms with Crippen molar-refractivity contribution in [3.8, 4) is 0 Å². The van der Waals surface area contributed by atoms with Gasteiger partial charge in [-0.2, -0.15) is 0 Å². The minimum atomic E-state index is -0.138. The molecule has 0 heterocycles. The maximum atomic E-state index is 12.4. The highest BCUT2D eigenvalue weighted by molar-refractivity contribution is 5.27. The van der Waals surface area contributed by atoms with Crippen LogP contribution in [0.5, 0.6) is 0 Å². The summed E-state index contributed by atoms with van der Waals surface area (Å²) in [6.07, 6.45) is 3.47. The van der Waals surface area contributed by atoms with Gasteiger partial charge in [0.25, 0.3) is 0 Å². The van der Waals surface area contributed by atoms with Gasteiger partial charge in [-0.1, -0.05) is 24.3 Å². The molecular formula is C9H13F. The monoisotopic (exact) mass is 140 g/mol. The molecule has 0 aliphatic carbocycles. The van der Waals surface area contributed by atoms with Gasteiger partial charge in [0, 0.05) is 0 Å². The molecule has 0 aromatic rings. The van der Waals surface area contributed by atoms with Crippen molar-refractivity contribution in [2.75, 3.05) is 0 Å². The predicted octanol–water partition coefficient (Wildman–Crippen LogP) is 3.38. The second kappa shape index (κ2) is 4.04. The van der Waals surface area contributed by atoms with Gasteiger partial charge in [0.1, 0.15) is 0 Å². The molecular weight excluding hydrogens is 127 g/mol. The zero-order chi connectivity index (χ0) is 8.15. The molecule has 0 saturated heterocycles. The van der Waals surface area contributed by atoms with Crippen molar-refractivity contribution in [2.24, 2.45) is 0 Å². The lowest BCUT2D eigenvalue weighted by molar-refractivity contribution is 0.631. The Morgan fingerprint density at radius 3 is 2.10 bits per heavy atom. The zero-order valence-electron chi connectivity index (χ0n) is 6.74. The van der Waals surface area contributed by atoms with Gasteiger partial charge < -0.3 is 0 Å². The van der Waals surface area contributed by atoms with E-state index in [1.165, 1.54) is 6.92 Å². The van der Waals surface area contributed by atoms with Gasteiger partial charge >= 0.3 is 0 Å². The highest BCUT2D eigenvalue weighted by atomic mass is 19.1. The minimum Gasteiger partial charge on any atom is -0.212 e. The van der Waals surface area contributed by atoms with Crippen LogP contribution in [0.25, 0.3) is 0 Å². The SMILES string of the molecule is C=C/C(C)=C\C(C)=C(/C)F. The summed E-state index contributed by atoms with van der Waals surface area (Å²) in [7, 11) is 0. The van der Waals surface area contributed by atoms with E-state index in [2.05, 4.69) is 6.58 Å². The van der Waals surface area contributed by atoms with E-state index < -0.39 is 0 Å². The molecule has 0 bridgehead atoms. The van der Waals surface area contributed by atoms with Gasteiger partial charge in [0.2, 0.25) is 0 Å². The molecule has 0 radical (unpaired) electrons. The Labute approximate surface area is 61.8 Å². The topological polar surface area (TPSA) is 0 Å². The fraction of sp³-hybridized carbons (Fsp3) is 0.333. The standard InChI is InChI=1S/C9H13F/c1-5-7(2)6-8(3)9(4)10/h5-6H,1H2,2-4H3/b7-6-,9-8+. The van der Waals surface area contributed by atoms with Crippen LogP contribution in [0.2, 0.25) is 0 Å². The van der Waals surface area contributed by atoms with Crippen LogP contribution < -0.4 is 0 Å². The van der Waals surface area contributed by atoms with Gasteiger partial charge in [0.15, 0.2) is 0 Å². The van der Waals surface area contributed by atoms with Crippen molar-refractivity contribution < 1.29 is 4.39 Å². The second-order valence-corrected chi connectivity index (χ2v) is 2.31. The quantitative estimate of drug-likeness (QED) is 0.516. The molecule has 1 heteroatoms. The first-order valence-electron chi connectivity index (χ1n) is 3.21. The largest absolute Gasteiger partial charge is 0.212 e. The highest BCUT2D eigenvalue weighted by Crippen LogP contribution is 2.08. The van der Waals surface area contributed by atoms with Crippen molar-refractivity contribution >= 4 is 0 Å². The van der Waals surface area contributed by atoms with Gasteiger partial charge in [-0.3, -0.25) is 0 Å². The summed E-state index contributed by atoms with van der Waals surface area (Å²) in [6.45, 7) is 8.63. The maximum Gasteiger partial charge on any atom is 0.0997 e. The number of halogens is 1. The van der Waals surface area contributed by atoms with Gasteiger partial charge in [-0.05, 0) is 26.3 Å². The molecule has 0 aliphatic heterocycles. The van der Waals surface area contributed by atoms with Crippen LogP contribution in [0, 0.1) is 0 Å². The van der Waals surface area contributed by atoms with Crippen LogP contribution in [0.4, 0.5) is 4.39 Å². The van der Waals surface area contributed by atoms with E-state index in [4.69, 9.17) is 0 Å². The number of rotatable bonds is 2. The highest BCUT2D eigenvalue weighted by Gasteiger charge is 1.89. The van der Waals surface area contributed by atoms with E-state index >= 15 is 0 Å². The summed E-state index contributed by atoms with van der Waals surface area (Å²) in [5.41, 5.74) is 1.65. The minimum absolute atomic E-state index is 0.138. The zero-order valence-corrected chi connectivity index (χ0v) is 6.74. The lowest BCUT2D eigenvalue weighted by Crippen LogP contribution is -1.74. The first kappa shape index (κ1) is 9.15. The molecule has 0 nitrogen and oxygen atoms in total. The molecule has 0 spiro atoms. The fourth-order valence-electron chi connectivity index (χ4n) is 0.500. The third-order valence-corrected chi connectivity index (χ3v) is 1.31. The molecule has 0 atom stereocenters. The van der Waals surface area contributed by atoms with Crippen LogP contribution in [0.15, 0.2) is 35.7 Å². The Bertz CT molecular complexity index is 181.